The maximum Gasteiger partial charge on any atom is 0.257 e. The molecular formula is C22H32N4O4S. The summed E-state index contributed by atoms with van der Waals surface area (Å²) in [6.45, 7) is 10.3. The first-order chi connectivity index (χ1) is 15.1. The minimum atomic E-state index is -0.288. The van der Waals surface area contributed by atoms with Crippen molar-refractivity contribution in [3.05, 3.63) is 22.7 Å². The number of hydrogen-bond acceptors (Lipinski definition) is 8. The quantitative estimate of drug-likeness (QED) is 0.556. The standard InChI is InChI=1S/C22H32N4O4S/c1-4-28-17-14-16(15-18(29-5-2)20(17)30-6-3)21(27)23-22-25-24-19(31-22)10-13-26-11-8-7-9-12-26/h14-15H,4-13H2,1-3H3,(H,23,25,27). The van der Waals surface area contributed by atoms with Crippen molar-refractivity contribution in [2.45, 2.75) is 46.5 Å². The molecule has 1 aromatic heterocycles. The number of aromatic nitrogens is 2. The number of carbonyl (C=O) groups is 1. The van der Waals surface area contributed by atoms with Gasteiger partial charge in [-0.15, -0.1) is 10.2 Å². The second-order valence-corrected chi connectivity index (χ2v) is 8.27. The van der Waals surface area contributed by atoms with Gasteiger partial charge < -0.3 is 19.1 Å². The highest BCUT2D eigenvalue weighted by Crippen LogP contribution is 2.39. The maximum absolute atomic E-state index is 12.9. The van der Waals surface area contributed by atoms with Crippen molar-refractivity contribution >= 4 is 22.4 Å². The highest BCUT2D eigenvalue weighted by Gasteiger charge is 2.19. The van der Waals surface area contributed by atoms with Crippen LogP contribution in [-0.2, 0) is 6.42 Å². The van der Waals surface area contributed by atoms with Gasteiger partial charge in [0.15, 0.2) is 11.5 Å². The number of nitrogens with one attached hydrogen (secondary N) is 1. The van der Waals surface area contributed by atoms with Gasteiger partial charge in [0, 0.05) is 18.5 Å². The number of carbonyl (C=O) groups excluding carboxylic acids is 1. The molecule has 0 radical (unpaired) electrons. The van der Waals surface area contributed by atoms with Crippen LogP contribution in [0.15, 0.2) is 12.1 Å². The average Bonchev–Trinajstić information content (AvgIpc) is 3.22. The maximum atomic E-state index is 12.9. The molecule has 1 fully saturated rings. The predicted molar refractivity (Wildman–Crippen MR) is 122 cm³/mol. The van der Waals surface area contributed by atoms with Crippen LogP contribution in [0.4, 0.5) is 5.13 Å². The Morgan fingerprint density at radius 3 is 2.26 bits per heavy atom. The lowest BCUT2D eigenvalue weighted by molar-refractivity contribution is 0.102. The number of ether oxygens (including phenoxy) is 3. The predicted octanol–water partition coefficient (Wildman–Crippen LogP) is 4.01. The summed E-state index contributed by atoms with van der Waals surface area (Å²) in [7, 11) is 0. The summed E-state index contributed by atoms with van der Waals surface area (Å²) >= 11 is 1.42. The van der Waals surface area contributed by atoms with Crippen LogP contribution in [0, 0.1) is 0 Å². The second-order valence-electron chi connectivity index (χ2n) is 7.21. The zero-order chi connectivity index (χ0) is 22.1. The van der Waals surface area contributed by atoms with Gasteiger partial charge in [0.1, 0.15) is 5.01 Å². The molecule has 9 heteroatoms. The molecule has 1 aliphatic rings. The molecule has 170 valence electrons. The van der Waals surface area contributed by atoms with Crippen molar-refractivity contribution < 1.29 is 19.0 Å². The number of rotatable bonds is 11. The number of anilines is 1. The highest BCUT2D eigenvalue weighted by atomic mass is 32.1. The monoisotopic (exact) mass is 448 g/mol. The molecule has 2 heterocycles. The number of amides is 1. The Bertz CT molecular complexity index is 825. The largest absolute Gasteiger partial charge is 0.490 e. The molecule has 1 amide bonds. The summed E-state index contributed by atoms with van der Waals surface area (Å²) in [6.07, 6.45) is 4.71. The van der Waals surface area contributed by atoms with Crippen molar-refractivity contribution in [3.63, 3.8) is 0 Å². The van der Waals surface area contributed by atoms with Gasteiger partial charge in [-0.3, -0.25) is 10.1 Å². The van der Waals surface area contributed by atoms with E-state index in [-0.39, 0.29) is 5.91 Å². The van der Waals surface area contributed by atoms with E-state index in [1.807, 2.05) is 20.8 Å². The first-order valence-electron chi connectivity index (χ1n) is 11.1. The third kappa shape index (κ3) is 6.54. The summed E-state index contributed by atoms with van der Waals surface area (Å²) in [4.78, 5) is 15.3. The van der Waals surface area contributed by atoms with Crippen molar-refractivity contribution in [2.24, 2.45) is 0 Å². The van der Waals surface area contributed by atoms with Crippen LogP contribution in [0.5, 0.6) is 17.2 Å². The van der Waals surface area contributed by atoms with Crippen LogP contribution in [0.25, 0.3) is 0 Å². The van der Waals surface area contributed by atoms with E-state index in [1.54, 1.807) is 12.1 Å². The molecule has 31 heavy (non-hydrogen) atoms. The normalized spacial score (nSPS) is 14.3. The van der Waals surface area contributed by atoms with E-state index in [4.69, 9.17) is 14.2 Å². The fourth-order valence-corrected chi connectivity index (χ4v) is 4.25. The number of benzene rings is 1. The van der Waals surface area contributed by atoms with Gasteiger partial charge in [0.25, 0.3) is 5.91 Å². The molecule has 1 aromatic carbocycles. The number of nitrogens with zero attached hydrogens (tertiary/aromatic N) is 3. The van der Waals surface area contributed by atoms with Gasteiger partial charge in [-0.1, -0.05) is 17.8 Å². The van der Waals surface area contributed by atoms with Gasteiger partial charge in [0.2, 0.25) is 10.9 Å². The van der Waals surface area contributed by atoms with Crippen molar-refractivity contribution in [3.8, 4) is 17.2 Å². The summed E-state index contributed by atoms with van der Waals surface area (Å²) in [5.74, 6) is 1.20. The minimum Gasteiger partial charge on any atom is -0.490 e. The number of likely N-dealkylation sites (tertiary alicyclic amines) is 1. The van der Waals surface area contributed by atoms with E-state index in [1.165, 1.54) is 30.6 Å². The van der Waals surface area contributed by atoms with Gasteiger partial charge in [-0.2, -0.15) is 0 Å². The molecular weight excluding hydrogens is 416 g/mol. The second kappa shape index (κ2) is 11.9. The lowest BCUT2D eigenvalue weighted by atomic mass is 10.1. The Hall–Kier alpha value is -2.39. The third-order valence-electron chi connectivity index (χ3n) is 4.95. The lowest BCUT2D eigenvalue weighted by Gasteiger charge is -2.25. The number of hydrogen-bond donors (Lipinski definition) is 1. The van der Waals surface area contributed by atoms with E-state index in [0.29, 0.717) is 47.8 Å². The fourth-order valence-electron chi connectivity index (χ4n) is 3.53. The molecule has 8 nitrogen and oxygen atoms in total. The van der Waals surface area contributed by atoms with E-state index in [0.717, 1.165) is 31.1 Å². The molecule has 0 atom stereocenters. The van der Waals surface area contributed by atoms with Crippen LogP contribution in [0.3, 0.4) is 0 Å². The van der Waals surface area contributed by atoms with E-state index in [9.17, 15) is 4.79 Å². The van der Waals surface area contributed by atoms with Crippen molar-refractivity contribution in [1.82, 2.24) is 15.1 Å². The molecule has 2 aromatic rings. The number of piperidine rings is 1. The molecule has 0 aliphatic carbocycles. The lowest BCUT2D eigenvalue weighted by Crippen LogP contribution is -2.31. The van der Waals surface area contributed by atoms with Gasteiger partial charge in [0.05, 0.1) is 19.8 Å². The summed E-state index contributed by atoms with van der Waals surface area (Å²) in [5, 5.41) is 12.6. The fraction of sp³-hybridized carbons (Fsp3) is 0.591. The van der Waals surface area contributed by atoms with Crippen molar-refractivity contribution in [1.29, 1.82) is 0 Å². The topological polar surface area (TPSA) is 85.8 Å². The zero-order valence-electron chi connectivity index (χ0n) is 18.6. The molecule has 0 saturated carbocycles. The van der Waals surface area contributed by atoms with E-state index < -0.39 is 0 Å². The molecule has 0 spiro atoms. The van der Waals surface area contributed by atoms with Crippen LogP contribution in [0.2, 0.25) is 0 Å². The smallest absolute Gasteiger partial charge is 0.257 e. The van der Waals surface area contributed by atoms with Crippen LogP contribution in [0.1, 0.15) is 55.4 Å². The Kier molecular flexibility index (Phi) is 8.90. The molecule has 3 rings (SSSR count). The highest BCUT2D eigenvalue weighted by molar-refractivity contribution is 7.15. The molecule has 1 saturated heterocycles. The molecule has 1 N–H and O–H groups in total. The average molecular weight is 449 g/mol. The molecule has 0 bridgehead atoms. The van der Waals surface area contributed by atoms with Gasteiger partial charge in [-0.25, -0.2) is 0 Å². The first kappa shape index (κ1) is 23.3. The minimum absolute atomic E-state index is 0.288. The Morgan fingerprint density at radius 1 is 1.00 bits per heavy atom. The molecule has 0 unspecified atom stereocenters. The zero-order valence-corrected chi connectivity index (χ0v) is 19.4. The van der Waals surface area contributed by atoms with E-state index >= 15 is 0 Å². The summed E-state index contributed by atoms with van der Waals surface area (Å²) < 4.78 is 17.1. The Morgan fingerprint density at radius 2 is 1.65 bits per heavy atom. The Labute approximate surface area is 187 Å². The van der Waals surface area contributed by atoms with Gasteiger partial charge in [-0.05, 0) is 58.8 Å². The Balaban J connectivity index is 1.68. The first-order valence-corrected chi connectivity index (χ1v) is 11.9. The van der Waals surface area contributed by atoms with Crippen LogP contribution in [-0.4, -0.2) is 60.5 Å². The summed E-state index contributed by atoms with van der Waals surface area (Å²) in [6, 6.07) is 3.34. The summed E-state index contributed by atoms with van der Waals surface area (Å²) in [5.41, 5.74) is 0.417. The third-order valence-corrected chi connectivity index (χ3v) is 5.85. The van der Waals surface area contributed by atoms with Crippen molar-refractivity contribution in [2.75, 3.05) is 44.8 Å². The van der Waals surface area contributed by atoms with Crippen LogP contribution >= 0.6 is 11.3 Å². The van der Waals surface area contributed by atoms with Gasteiger partial charge >= 0.3 is 0 Å². The molecule has 1 aliphatic heterocycles. The van der Waals surface area contributed by atoms with Crippen LogP contribution < -0.4 is 19.5 Å². The van der Waals surface area contributed by atoms with E-state index in [2.05, 4.69) is 20.4 Å². The SMILES string of the molecule is CCOc1cc(C(=O)Nc2nnc(CCN3CCCCC3)s2)cc(OCC)c1OCC.